The quantitative estimate of drug-likeness (QED) is 0.832. The molecule has 16 heavy (non-hydrogen) atoms. The molecule has 0 fully saturated rings. The first-order valence-corrected chi connectivity index (χ1v) is 6.22. The molecule has 0 radical (unpaired) electrons. The third-order valence-electron chi connectivity index (χ3n) is 2.42. The van der Waals surface area contributed by atoms with Gasteiger partial charge in [-0.3, -0.25) is 0 Å². The number of benzene rings is 1. The van der Waals surface area contributed by atoms with E-state index in [1.54, 1.807) is 11.3 Å². The van der Waals surface area contributed by atoms with Crippen LogP contribution in [0.2, 0.25) is 0 Å². The number of aliphatic hydroxyl groups is 1. The lowest BCUT2D eigenvalue weighted by atomic mass is 10.2. The summed E-state index contributed by atoms with van der Waals surface area (Å²) in [5, 5.41) is 14.4. The van der Waals surface area contributed by atoms with Crippen molar-refractivity contribution in [1.82, 2.24) is 0 Å². The van der Waals surface area contributed by atoms with Crippen molar-refractivity contribution >= 4 is 17.0 Å². The molecule has 84 valence electrons. The van der Waals surface area contributed by atoms with E-state index in [9.17, 15) is 0 Å². The van der Waals surface area contributed by atoms with Crippen LogP contribution in [0, 0.1) is 0 Å². The van der Waals surface area contributed by atoms with Gasteiger partial charge in [0.1, 0.15) is 0 Å². The molecule has 2 nitrogen and oxygen atoms in total. The van der Waals surface area contributed by atoms with Crippen LogP contribution in [0.4, 0.5) is 5.69 Å². The van der Waals surface area contributed by atoms with Crippen molar-refractivity contribution in [3.63, 3.8) is 0 Å². The number of aliphatic hydroxyl groups excluding tert-OH is 1. The molecule has 0 spiro atoms. The van der Waals surface area contributed by atoms with Gasteiger partial charge in [0.15, 0.2) is 0 Å². The molecule has 2 aromatic rings. The zero-order chi connectivity index (χ0) is 11.2. The first kappa shape index (κ1) is 11.2. The highest BCUT2D eigenvalue weighted by atomic mass is 32.1. The van der Waals surface area contributed by atoms with Gasteiger partial charge in [0.25, 0.3) is 0 Å². The fourth-order valence-electron chi connectivity index (χ4n) is 1.51. The number of thiophene rings is 1. The second-order valence-electron chi connectivity index (χ2n) is 3.61. The maximum Gasteiger partial charge on any atom is 0.0681 e. The predicted molar refractivity (Wildman–Crippen MR) is 68.9 cm³/mol. The first-order chi connectivity index (χ1) is 7.88. The van der Waals surface area contributed by atoms with Crippen LogP contribution in [-0.2, 0) is 13.0 Å². The highest BCUT2D eigenvalue weighted by molar-refractivity contribution is 7.09. The average Bonchev–Trinajstić information content (AvgIpc) is 2.83. The summed E-state index contributed by atoms with van der Waals surface area (Å²) in [7, 11) is 0. The summed E-state index contributed by atoms with van der Waals surface area (Å²) in [4.78, 5) is 1.40. The van der Waals surface area contributed by atoms with Gasteiger partial charge in [0.2, 0.25) is 0 Å². The van der Waals surface area contributed by atoms with Crippen molar-refractivity contribution in [1.29, 1.82) is 0 Å². The third-order valence-corrected chi connectivity index (χ3v) is 3.35. The fourth-order valence-corrected chi connectivity index (χ4v) is 2.22. The Kier molecular flexibility index (Phi) is 3.97. The third kappa shape index (κ3) is 3.08. The van der Waals surface area contributed by atoms with Crippen LogP contribution in [0.3, 0.4) is 0 Å². The van der Waals surface area contributed by atoms with Crippen molar-refractivity contribution < 1.29 is 5.11 Å². The van der Waals surface area contributed by atoms with Gasteiger partial charge in [-0.1, -0.05) is 18.2 Å². The molecule has 0 bridgehead atoms. The molecule has 0 amide bonds. The first-order valence-electron chi connectivity index (χ1n) is 5.34. The van der Waals surface area contributed by atoms with E-state index in [2.05, 4.69) is 22.8 Å². The van der Waals surface area contributed by atoms with E-state index in [1.165, 1.54) is 4.88 Å². The molecule has 1 heterocycles. The Morgan fingerprint density at radius 1 is 1.12 bits per heavy atom. The van der Waals surface area contributed by atoms with E-state index in [4.69, 9.17) is 5.11 Å². The zero-order valence-electron chi connectivity index (χ0n) is 9.02. The zero-order valence-corrected chi connectivity index (χ0v) is 9.83. The van der Waals surface area contributed by atoms with Gasteiger partial charge in [-0.05, 0) is 35.6 Å². The minimum atomic E-state index is 0.107. The van der Waals surface area contributed by atoms with Crippen LogP contribution in [-0.4, -0.2) is 11.7 Å². The maximum atomic E-state index is 8.91. The summed E-state index contributed by atoms with van der Waals surface area (Å²) in [6.07, 6.45) is 1.05. The Labute approximate surface area is 99.6 Å². The molecular formula is C13H15NOS. The topological polar surface area (TPSA) is 32.3 Å². The van der Waals surface area contributed by atoms with Gasteiger partial charge in [-0.2, -0.15) is 0 Å². The molecule has 1 aromatic carbocycles. The molecule has 2 N–H and O–H groups in total. The van der Waals surface area contributed by atoms with Crippen molar-refractivity contribution in [3.8, 4) is 0 Å². The highest BCUT2D eigenvalue weighted by Gasteiger charge is 1.95. The summed E-state index contributed by atoms with van der Waals surface area (Å²) >= 11 is 1.79. The van der Waals surface area contributed by atoms with Crippen molar-refractivity contribution in [2.24, 2.45) is 0 Å². The monoisotopic (exact) mass is 233 g/mol. The standard InChI is InChI=1S/C13H15NOS/c15-10-11-3-5-12(6-4-11)14-8-7-13-2-1-9-16-13/h1-6,9,14-15H,7-8,10H2. The molecule has 0 aliphatic carbocycles. The second-order valence-corrected chi connectivity index (χ2v) is 4.64. The normalized spacial score (nSPS) is 10.3. The van der Waals surface area contributed by atoms with E-state index in [0.29, 0.717) is 0 Å². The Balaban J connectivity index is 1.81. The van der Waals surface area contributed by atoms with Crippen molar-refractivity contribution in [2.75, 3.05) is 11.9 Å². The van der Waals surface area contributed by atoms with E-state index in [0.717, 1.165) is 24.2 Å². The molecule has 3 heteroatoms. The average molecular weight is 233 g/mol. The summed E-state index contributed by atoms with van der Waals surface area (Å²) < 4.78 is 0. The largest absolute Gasteiger partial charge is 0.392 e. The number of hydrogen-bond donors (Lipinski definition) is 2. The van der Waals surface area contributed by atoms with E-state index in [-0.39, 0.29) is 6.61 Å². The van der Waals surface area contributed by atoms with Crippen LogP contribution in [0.25, 0.3) is 0 Å². The molecule has 2 rings (SSSR count). The van der Waals surface area contributed by atoms with Gasteiger partial charge in [0.05, 0.1) is 6.61 Å². The van der Waals surface area contributed by atoms with Crippen LogP contribution in [0.1, 0.15) is 10.4 Å². The molecule has 1 aromatic heterocycles. The second kappa shape index (κ2) is 5.68. The lowest BCUT2D eigenvalue weighted by Gasteiger charge is -2.05. The van der Waals surface area contributed by atoms with Crippen LogP contribution < -0.4 is 5.32 Å². The molecule has 0 unspecified atom stereocenters. The Bertz CT molecular complexity index is 408. The summed E-state index contributed by atoms with van der Waals surface area (Å²) in [5.41, 5.74) is 2.05. The molecular weight excluding hydrogens is 218 g/mol. The number of hydrogen-bond acceptors (Lipinski definition) is 3. The Morgan fingerprint density at radius 2 is 1.94 bits per heavy atom. The maximum absolute atomic E-state index is 8.91. The highest BCUT2D eigenvalue weighted by Crippen LogP contribution is 2.12. The van der Waals surface area contributed by atoms with Gasteiger partial charge < -0.3 is 10.4 Å². The van der Waals surface area contributed by atoms with Crippen LogP contribution in [0.5, 0.6) is 0 Å². The fraction of sp³-hybridized carbons (Fsp3) is 0.231. The molecule has 0 saturated heterocycles. The molecule has 0 atom stereocenters. The smallest absolute Gasteiger partial charge is 0.0681 e. The molecule has 0 aliphatic heterocycles. The summed E-state index contributed by atoms with van der Waals surface area (Å²) in [5.74, 6) is 0. The lowest BCUT2D eigenvalue weighted by molar-refractivity contribution is 0.282. The van der Waals surface area contributed by atoms with Gasteiger partial charge in [0, 0.05) is 17.1 Å². The van der Waals surface area contributed by atoms with Crippen molar-refractivity contribution in [3.05, 3.63) is 52.2 Å². The molecule has 0 saturated carbocycles. The van der Waals surface area contributed by atoms with E-state index >= 15 is 0 Å². The predicted octanol–water partition coefficient (Wildman–Crippen LogP) is 2.90. The summed E-state index contributed by atoms with van der Waals surface area (Å²) in [6, 6.07) is 12.1. The minimum Gasteiger partial charge on any atom is -0.392 e. The Hall–Kier alpha value is -1.32. The number of nitrogens with one attached hydrogen (secondary N) is 1. The van der Waals surface area contributed by atoms with Crippen LogP contribution in [0.15, 0.2) is 41.8 Å². The molecule has 0 aliphatic rings. The summed E-state index contributed by atoms with van der Waals surface area (Å²) in [6.45, 7) is 1.05. The lowest BCUT2D eigenvalue weighted by Crippen LogP contribution is -2.03. The number of rotatable bonds is 5. The minimum absolute atomic E-state index is 0.107. The van der Waals surface area contributed by atoms with Gasteiger partial charge in [-0.25, -0.2) is 0 Å². The van der Waals surface area contributed by atoms with Gasteiger partial charge >= 0.3 is 0 Å². The van der Waals surface area contributed by atoms with E-state index in [1.807, 2.05) is 24.3 Å². The van der Waals surface area contributed by atoms with Crippen LogP contribution >= 0.6 is 11.3 Å². The number of anilines is 1. The Morgan fingerprint density at radius 3 is 2.56 bits per heavy atom. The van der Waals surface area contributed by atoms with E-state index < -0.39 is 0 Å². The SMILES string of the molecule is OCc1ccc(NCCc2cccs2)cc1. The van der Waals surface area contributed by atoms with Crippen molar-refractivity contribution in [2.45, 2.75) is 13.0 Å². The van der Waals surface area contributed by atoms with Gasteiger partial charge in [-0.15, -0.1) is 11.3 Å².